The van der Waals surface area contributed by atoms with E-state index in [1.807, 2.05) is 36.0 Å². The van der Waals surface area contributed by atoms with Gasteiger partial charge in [-0.15, -0.1) is 0 Å². The van der Waals surface area contributed by atoms with Crippen molar-refractivity contribution in [3.8, 4) is 0 Å². The van der Waals surface area contributed by atoms with Crippen molar-refractivity contribution in [1.29, 1.82) is 0 Å². The summed E-state index contributed by atoms with van der Waals surface area (Å²) in [6.07, 6.45) is 4.30. The Balaban J connectivity index is 1.93. The van der Waals surface area contributed by atoms with Gasteiger partial charge in [-0.1, -0.05) is 37.5 Å². The zero-order valence-corrected chi connectivity index (χ0v) is 10.1. The Morgan fingerprint density at radius 2 is 2.18 bits per heavy atom. The fourth-order valence-corrected chi connectivity index (χ4v) is 2.64. The number of para-hydroxylation sites is 1. The zero-order valence-electron chi connectivity index (χ0n) is 10.1. The number of benzene rings is 1. The number of hydrogen-bond acceptors (Lipinski definition) is 2. The lowest BCUT2D eigenvalue weighted by Crippen LogP contribution is -2.15. The molecule has 1 N–H and O–H groups in total. The molecular formula is C14H18N2O. The van der Waals surface area contributed by atoms with E-state index in [0.717, 1.165) is 23.0 Å². The Kier molecular flexibility index (Phi) is 2.63. The summed E-state index contributed by atoms with van der Waals surface area (Å²) in [6, 6.07) is 8.10. The Morgan fingerprint density at radius 1 is 1.41 bits per heavy atom. The smallest absolute Gasteiger partial charge is 0.0988 e. The standard InChI is InChI=1S/C14H18N2O/c1-16-12-8-3-2-7-11(12)14(15-16)13(17)9-10-5-4-6-10/h2-3,7-8,10,13,17H,4-6,9H2,1H3. The van der Waals surface area contributed by atoms with Crippen molar-refractivity contribution >= 4 is 10.9 Å². The number of hydrogen-bond donors (Lipinski definition) is 1. The van der Waals surface area contributed by atoms with Crippen molar-refractivity contribution in [2.45, 2.75) is 31.8 Å². The summed E-state index contributed by atoms with van der Waals surface area (Å²) >= 11 is 0. The largest absolute Gasteiger partial charge is 0.387 e. The summed E-state index contributed by atoms with van der Waals surface area (Å²) in [5.74, 6) is 0.700. The van der Waals surface area contributed by atoms with Crippen molar-refractivity contribution in [3.63, 3.8) is 0 Å². The maximum atomic E-state index is 10.3. The number of aliphatic hydroxyl groups is 1. The van der Waals surface area contributed by atoms with Crippen molar-refractivity contribution in [2.75, 3.05) is 0 Å². The molecule has 0 saturated heterocycles. The second-order valence-corrected chi connectivity index (χ2v) is 5.07. The molecule has 3 rings (SSSR count). The third-order valence-electron chi connectivity index (χ3n) is 3.88. The normalized spacial score (nSPS) is 18.2. The molecule has 0 spiro atoms. The first kappa shape index (κ1) is 10.8. The molecule has 1 saturated carbocycles. The van der Waals surface area contributed by atoms with Gasteiger partial charge in [0.05, 0.1) is 17.3 Å². The molecule has 0 amide bonds. The molecule has 2 aromatic rings. The lowest BCUT2D eigenvalue weighted by atomic mass is 9.81. The summed E-state index contributed by atoms with van der Waals surface area (Å²) in [5.41, 5.74) is 1.94. The molecule has 1 aromatic carbocycles. The van der Waals surface area contributed by atoms with Crippen LogP contribution in [0.2, 0.25) is 0 Å². The van der Waals surface area contributed by atoms with Crippen LogP contribution in [0.4, 0.5) is 0 Å². The molecule has 90 valence electrons. The van der Waals surface area contributed by atoms with Gasteiger partial charge in [0.1, 0.15) is 0 Å². The number of rotatable bonds is 3. The van der Waals surface area contributed by atoms with Crippen LogP contribution in [-0.4, -0.2) is 14.9 Å². The number of fused-ring (bicyclic) bond motifs is 1. The predicted molar refractivity (Wildman–Crippen MR) is 67.6 cm³/mol. The molecule has 1 atom stereocenters. The highest BCUT2D eigenvalue weighted by atomic mass is 16.3. The maximum Gasteiger partial charge on any atom is 0.0988 e. The van der Waals surface area contributed by atoms with E-state index < -0.39 is 6.10 Å². The quantitative estimate of drug-likeness (QED) is 0.880. The molecule has 3 nitrogen and oxygen atoms in total. The molecule has 0 aliphatic heterocycles. The van der Waals surface area contributed by atoms with Crippen LogP contribution in [0.5, 0.6) is 0 Å². The Bertz CT molecular complexity index is 528. The van der Waals surface area contributed by atoms with Gasteiger partial charge >= 0.3 is 0 Å². The van der Waals surface area contributed by atoms with Crippen LogP contribution < -0.4 is 0 Å². The fraction of sp³-hybridized carbons (Fsp3) is 0.500. The molecule has 1 aliphatic rings. The second-order valence-electron chi connectivity index (χ2n) is 5.07. The van der Waals surface area contributed by atoms with Gasteiger partial charge in [0, 0.05) is 12.4 Å². The molecular weight excluding hydrogens is 212 g/mol. The Morgan fingerprint density at radius 3 is 2.88 bits per heavy atom. The molecule has 0 bridgehead atoms. The van der Waals surface area contributed by atoms with Crippen LogP contribution in [0.25, 0.3) is 10.9 Å². The van der Waals surface area contributed by atoms with E-state index in [-0.39, 0.29) is 0 Å². The minimum Gasteiger partial charge on any atom is -0.387 e. The topological polar surface area (TPSA) is 38.0 Å². The first-order valence-corrected chi connectivity index (χ1v) is 6.35. The van der Waals surface area contributed by atoms with Crippen molar-refractivity contribution in [1.82, 2.24) is 9.78 Å². The maximum absolute atomic E-state index is 10.3. The van der Waals surface area contributed by atoms with E-state index in [9.17, 15) is 5.11 Å². The monoisotopic (exact) mass is 230 g/mol. The third-order valence-corrected chi connectivity index (χ3v) is 3.88. The second kappa shape index (κ2) is 4.15. The minimum absolute atomic E-state index is 0.411. The zero-order chi connectivity index (χ0) is 11.8. The number of aliphatic hydroxyl groups excluding tert-OH is 1. The Labute approximate surface area is 101 Å². The van der Waals surface area contributed by atoms with Crippen LogP contribution in [0.1, 0.15) is 37.5 Å². The summed E-state index contributed by atoms with van der Waals surface area (Å²) in [4.78, 5) is 0. The first-order valence-electron chi connectivity index (χ1n) is 6.35. The van der Waals surface area contributed by atoms with Gasteiger partial charge in [-0.2, -0.15) is 5.10 Å². The number of aromatic nitrogens is 2. The average Bonchev–Trinajstić information content (AvgIpc) is 2.62. The van der Waals surface area contributed by atoms with Crippen LogP contribution >= 0.6 is 0 Å². The van der Waals surface area contributed by atoms with Crippen LogP contribution in [0, 0.1) is 5.92 Å². The van der Waals surface area contributed by atoms with E-state index in [2.05, 4.69) is 5.10 Å². The highest BCUT2D eigenvalue weighted by Crippen LogP contribution is 2.35. The molecule has 17 heavy (non-hydrogen) atoms. The fourth-order valence-electron chi connectivity index (χ4n) is 2.64. The van der Waals surface area contributed by atoms with E-state index in [1.165, 1.54) is 19.3 Å². The highest BCUT2D eigenvalue weighted by Gasteiger charge is 2.24. The molecule has 1 aliphatic carbocycles. The first-order chi connectivity index (χ1) is 8.25. The molecule has 3 heteroatoms. The number of nitrogens with zero attached hydrogens (tertiary/aromatic N) is 2. The van der Waals surface area contributed by atoms with E-state index in [0.29, 0.717) is 5.92 Å². The lowest BCUT2D eigenvalue weighted by molar-refractivity contribution is 0.115. The third kappa shape index (κ3) is 1.84. The van der Waals surface area contributed by atoms with Gasteiger partial charge in [-0.25, -0.2) is 0 Å². The Hall–Kier alpha value is -1.35. The highest BCUT2D eigenvalue weighted by molar-refractivity contribution is 5.82. The van der Waals surface area contributed by atoms with Gasteiger partial charge in [0.15, 0.2) is 0 Å². The molecule has 1 heterocycles. The van der Waals surface area contributed by atoms with Gasteiger partial charge in [0.2, 0.25) is 0 Å². The minimum atomic E-state index is -0.411. The van der Waals surface area contributed by atoms with Crippen LogP contribution in [0.3, 0.4) is 0 Å². The van der Waals surface area contributed by atoms with Gasteiger partial charge in [0.25, 0.3) is 0 Å². The molecule has 1 unspecified atom stereocenters. The summed E-state index contributed by atoms with van der Waals surface area (Å²) in [5, 5.41) is 15.8. The van der Waals surface area contributed by atoms with E-state index in [4.69, 9.17) is 0 Å². The molecule has 1 aromatic heterocycles. The van der Waals surface area contributed by atoms with Gasteiger partial charge in [-0.05, 0) is 18.4 Å². The predicted octanol–water partition coefficient (Wildman–Crippen LogP) is 2.80. The van der Waals surface area contributed by atoms with Crippen molar-refractivity contribution < 1.29 is 5.11 Å². The summed E-state index contributed by atoms with van der Waals surface area (Å²) in [7, 11) is 1.93. The van der Waals surface area contributed by atoms with E-state index >= 15 is 0 Å². The van der Waals surface area contributed by atoms with E-state index in [1.54, 1.807) is 0 Å². The van der Waals surface area contributed by atoms with Gasteiger partial charge in [-0.3, -0.25) is 4.68 Å². The number of aryl methyl sites for hydroxylation is 1. The lowest BCUT2D eigenvalue weighted by Gasteiger charge is -2.27. The van der Waals surface area contributed by atoms with Crippen LogP contribution in [0.15, 0.2) is 24.3 Å². The van der Waals surface area contributed by atoms with Crippen molar-refractivity contribution in [2.24, 2.45) is 13.0 Å². The summed E-state index contributed by atoms with van der Waals surface area (Å²) < 4.78 is 1.86. The SMILES string of the molecule is Cn1nc(C(O)CC2CCC2)c2ccccc21. The summed E-state index contributed by atoms with van der Waals surface area (Å²) in [6.45, 7) is 0. The van der Waals surface area contributed by atoms with Crippen molar-refractivity contribution in [3.05, 3.63) is 30.0 Å². The molecule has 1 fully saturated rings. The average molecular weight is 230 g/mol. The molecule has 0 radical (unpaired) electrons. The van der Waals surface area contributed by atoms with Crippen LogP contribution in [-0.2, 0) is 7.05 Å². The van der Waals surface area contributed by atoms with Gasteiger partial charge < -0.3 is 5.11 Å².